The minimum absolute atomic E-state index is 0. The second-order valence-electron chi connectivity index (χ2n) is 0. The molecular formula is CH4Cl3HfO-3. The summed E-state index contributed by atoms with van der Waals surface area (Å²) in [5.74, 6) is 0. The maximum Gasteiger partial charge on any atom is 0.0319 e. The molecule has 1 nitrogen and oxygen atoms in total. The van der Waals surface area contributed by atoms with Crippen molar-refractivity contribution < 1.29 is 68.2 Å². The van der Waals surface area contributed by atoms with Gasteiger partial charge in [-0.1, -0.05) is 0 Å². The van der Waals surface area contributed by atoms with E-state index in [1.165, 1.54) is 0 Å². The van der Waals surface area contributed by atoms with Crippen molar-refractivity contribution in [1.29, 1.82) is 0 Å². The van der Waals surface area contributed by atoms with Gasteiger partial charge in [-0.3, -0.25) is 0 Å². The molecule has 0 aliphatic carbocycles. The minimum atomic E-state index is 0. The summed E-state index contributed by atoms with van der Waals surface area (Å²) in [6.07, 6.45) is 0. The molecule has 0 aromatic rings. The molecule has 0 spiro atoms. The van der Waals surface area contributed by atoms with Crippen LogP contribution >= 0.6 is 0 Å². The quantitative estimate of drug-likeness (QED) is 0.440. The van der Waals surface area contributed by atoms with Crippen LogP contribution in [0.3, 0.4) is 0 Å². The molecule has 0 aliphatic rings. The van der Waals surface area contributed by atoms with Gasteiger partial charge in [-0.25, -0.2) is 0 Å². The molecule has 0 aromatic heterocycles. The molecule has 0 fully saturated rings. The first-order valence-electron chi connectivity index (χ1n) is 0.447. The number of hydrogen-bond acceptors (Lipinski definition) is 1. The summed E-state index contributed by atoms with van der Waals surface area (Å²) >= 11 is 0. The van der Waals surface area contributed by atoms with Crippen LogP contribution in [0.15, 0.2) is 0 Å². The Hall–Kier alpha value is 1.70. The fraction of sp³-hybridized carbons (Fsp3) is 1.00. The van der Waals surface area contributed by atoms with Crippen LogP contribution in [0.25, 0.3) is 0 Å². The summed E-state index contributed by atoms with van der Waals surface area (Å²) in [6.45, 7) is 0. The van der Waals surface area contributed by atoms with Crippen LogP contribution in [-0.2, 0) is 25.8 Å². The third kappa shape index (κ3) is 43.6. The monoisotopic (exact) mass is 317 g/mol. The van der Waals surface area contributed by atoms with Crippen molar-refractivity contribution >= 4 is 0 Å². The Balaban J connectivity index is -0.000000000833. The zero-order valence-electron chi connectivity index (χ0n) is 3.08. The fourth-order valence-electron chi connectivity index (χ4n) is 0. The molecule has 0 unspecified atom stereocenters. The summed E-state index contributed by atoms with van der Waals surface area (Å²) in [5.41, 5.74) is 0. The van der Waals surface area contributed by atoms with E-state index in [-0.39, 0.29) is 63.1 Å². The van der Waals surface area contributed by atoms with Gasteiger partial charge in [0.05, 0.1) is 0 Å². The van der Waals surface area contributed by atoms with Crippen molar-refractivity contribution in [3.05, 3.63) is 0 Å². The molecule has 0 heterocycles. The van der Waals surface area contributed by atoms with Gasteiger partial charge in [-0.2, -0.15) is 0 Å². The fourth-order valence-corrected chi connectivity index (χ4v) is 0. The van der Waals surface area contributed by atoms with Gasteiger partial charge in [0.25, 0.3) is 0 Å². The summed E-state index contributed by atoms with van der Waals surface area (Å²) < 4.78 is 0. The summed E-state index contributed by atoms with van der Waals surface area (Å²) in [5, 5.41) is 7.00. The van der Waals surface area contributed by atoms with Crippen LogP contribution in [0.1, 0.15) is 0 Å². The Morgan fingerprint density at radius 1 is 0.833 bits per heavy atom. The summed E-state index contributed by atoms with van der Waals surface area (Å²) in [6, 6.07) is 0. The van der Waals surface area contributed by atoms with Gasteiger partial charge in [-0.15, -0.1) is 0 Å². The van der Waals surface area contributed by atoms with Gasteiger partial charge in [0.15, 0.2) is 0 Å². The molecule has 0 amide bonds. The van der Waals surface area contributed by atoms with E-state index < -0.39 is 0 Å². The van der Waals surface area contributed by atoms with Crippen LogP contribution < -0.4 is 37.2 Å². The summed E-state index contributed by atoms with van der Waals surface area (Å²) in [7, 11) is 1.00. The number of aliphatic hydroxyl groups excluding tert-OH is 1. The van der Waals surface area contributed by atoms with Crippen molar-refractivity contribution in [3.8, 4) is 0 Å². The Morgan fingerprint density at radius 2 is 0.833 bits per heavy atom. The molecule has 0 bridgehead atoms. The van der Waals surface area contributed by atoms with Gasteiger partial charge in [0, 0.05) is 33.0 Å². The normalized spacial score (nSPS) is 1.00. The van der Waals surface area contributed by atoms with Crippen molar-refractivity contribution in [2.75, 3.05) is 7.11 Å². The molecular weight excluding hydrogens is 313 g/mol. The van der Waals surface area contributed by atoms with Crippen molar-refractivity contribution in [2.24, 2.45) is 0 Å². The second kappa shape index (κ2) is 75.3. The predicted octanol–water partition coefficient (Wildman–Crippen LogP) is -9.38. The first kappa shape index (κ1) is 47.4. The SMILES string of the molecule is CO.[Cl-].[Cl-].[Cl-].[Hf]. The first-order chi connectivity index (χ1) is 1.00. The zero-order valence-corrected chi connectivity index (χ0v) is 8.94. The molecule has 42 valence electrons. The van der Waals surface area contributed by atoms with E-state index >= 15 is 0 Å². The largest absolute Gasteiger partial charge is 1.00 e. The Kier molecular flexibility index (Phi) is 595. The standard InChI is InChI=1S/CH4O.3ClH.Hf/c1-2;;;;/h2H,1H3;3*1H;/p-3. The average Bonchev–Trinajstić information content (AvgIpc) is 1.00. The van der Waals surface area contributed by atoms with Crippen LogP contribution in [0.5, 0.6) is 0 Å². The van der Waals surface area contributed by atoms with Crippen molar-refractivity contribution in [1.82, 2.24) is 0 Å². The predicted molar refractivity (Wildman–Crippen MR) is 8.14 cm³/mol. The maximum atomic E-state index is 7.00. The molecule has 6 heavy (non-hydrogen) atoms. The van der Waals surface area contributed by atoms with Crippen LogP contribution in [-0.4, -0.2) is 12.2 Å². The van der Waals surface area contributed by atoms with E-state index in [9.17, 15) is 0 Å². The maximum absolute atomic E-state index is 7.00. The summed E-state index contributed by atoms with van der Waals surface area (Å²) in [4.78, 5) is 0. The van der Waals surface area contributed by atoms with E-state index in [0.29, 0.717) is 0 Å². The molecule has 0 saturated carbocycles. The van der Waals surface area contributed by atoms with E-state index in [1.807, 2.05) is 0 Å². The average molecular weight is 317 g/mol. The van der Waals surface area contributed by atoms with Gasteiger partial charge in [-0.05, 0) is 0 Å². The zero-order chi connectivity index (χ0) is 2.00. The third-order valence-corrected chi connectivity index (χ3v) is 0. The molecule has 0 aromatic carbocycles. The van der Waals surface area contributed by atoms with E-state index in [2.05, 4.69) is 0 Å². The van der Waals surface area contributed by atoms with E-state index in [4.69, 9.17) is 5.11 Å². The number of hydrogen-bond donors (Lipinski definition) is 1. The molecule has 1 N–H and O–H groups in total. The van der Waals surface area contributed by atoms with Gasteiger partial charge < -0.3 is 42.3 Å². The molecule has 0 aliphatic heterocycles. The Bertz CT molecular complexity index is 10.8. The third-order valence-electron chi connectivity index (χ3n) is 0. The molecule has 0 radical (unpaired) electrons. The Labute approximate surface area is 74.9 Å². The number of aliphatic hydroxyl groups is 1. The second-order valence-corrected chi connectivity index (χ2v) is 0. The van der Waals surface area contributed by atoms with E-state index in [0.717, 1.165) is 7.11 Å². The van der Waals surface area contributed by atoms with Gasteiger partial charge in [0.2, 0.25) is 0 Å². The van der Waals surface area contributed by atoms with Crippen molar-refractivity contribution in [3.63, 3.8) is 0 Å². The van der Waals surface area contributed by atoms with Crippen molar-refractivity contribution in [2.45, 2.75) is 0 Å². The van der Waals surface area contributed by atoms with Crippen LogP contribution in [0, 0.1) is 0 Å². The number of rotatable bonds is 0. The Morgan fingerprint density at radius 3 is 0.833 bits per heavy atom. The van der Waals surface area contributed by atoms with Crippen LogP contribution in [0.2, 0.25) is 0 Å². The molecule has 0 atom stereocenters. The topological polar surface area (TPSA) is 20.2 Å². The molecule has 0 rings (SSSR count). The van der Waals surface area contributed by atoms with Gasteiger partial charge in [0.1, 0.15) is 0 Å². The minimum Gasteiger partial charge on any atom is -1.00 e. The van der Waals surface area contributed by atoms with E-state index in [1.54, 1.807) is 0 Å². The first-order valence-corrected chi connectivity index (χ1v) is 0.447. The molecule has 0 saturated heterocycles. The smallest absolute Gasteiger partial charge is 0.0319 e. The number of halogens is 3. The van der Waals surface area contributed by atoms with Gasteiger partial charge >= 0.3 is 0 Å². The molecule has 5 heteroatoms. The van der Waals surface area contributed by atoms with Crippen LogP contribution in [0.4, 0.5) is 0 Å².